The van der Waals surface area contributed by atoms with Crippen molar-refractivity contribution in [3.63, 3.8) is 0 Å². The average Bonchev–Trinajstić information content (AvgIpc) is 3.57. The van der Waals surface area contributed by atoms with Crippen molar-refractivity contribution in [3.8, 4) is 11.5 Å². The predicted octanol–water partition coefficient (Wildman–Crippen LogP) is 1.05. The van der Waals surface area contributed by atoms with E-state index in [-0.39, 0.29) is 18.0 Å². The number of nitrogens with zero attached hydrogens (tertiary/aromatic N) is 7. The smallest absolute Gasteiger partial charge is 0.281 e. The summed E-state index contributed by atoms with van der Waals surface area (Å²) < 4.78 is 47.5. The summed E-state index contributed by atoms with van der Waals surface area (Å²) in [4.78, 5) is 30.8. The highest BCUT2D eigenvalue weighted by Crippen LogP contribution is 2.37. The molecule has 3 aromatic rings. The normalized spacial score (nSPS) is 18.4. The van der Waals surface area contributed by atoms with E-state index in [2.05, 4.69) is 25.1 Å². The Labute approximate surface area is 269 Å². The molecule has 0 atom stereocenters. The van der Waals surface area contributed by atoms with Gasteiger partial charge in [-0.15, -0.1) is 0 Å². The fourth-order valence-corrected chi connectivity index (χ4v) is 7.30. The van der Waals surface area contributed by atoms with Gasteiger partial charge in [0.25, 0.3) is 5.91 Å². The first-order valence-electron chi connectivity index (χ1n) is 15.9. The molecule has 15 heteroatoms. The van der Waals surface area contributed by atoms with Crippen molar-refractivity contribution in [3.05, 3.63) is 47.8 Å². The summed E-state index contributed by atoms with van der Waals surface area (Å²) in [5.41, 5.74) is 1.10. The summed E-state index contributed by atoms with van der Waals surface area (Å²) in [6, 6.07) is 7.15. The molecule has 3 aliphatic heterocycles. The van der Waals surface area contributed by atoms with Gasteiger partial charge in [0.2, 0.25) is 15.6 Å². The van der Waals surface area contributed by atoms with Crippen LogP contribution in [0, 0.1) is 0 Å². The van der Waals surface area contributed by atoms with Gasteiger partial charge in [0, 0.05) is 76.7 Å². The molecule has 46 heavy (non-hydrogen) atoms. The number of piperazine rings is 1. The first-order chi connectivity index (χ1) is 22.4. The van der Waals surface area contributed by atoms with Crippen LogP contribution in [0.2, 0.25) is 0 Å². The van der Waals surface area contributed by atoms with Crippen molar-refractivity contribution in [1.29, 1.82) is 0 Å². The number of hydrogen-bond donors (Lipinski definition) is 1. The lowest BCUT2D eigenvalue weighted by Crippen LogP contribution is -2.47. The minimum absolute atomic E-state index is 0.0162. The summed E-state index contributed by atoms with van der Waals surface area (Å²) in [5.74, 6) is 1.23. The van der Waals surface area contributed by atoms with Gasteiger partial charge in [0.05, 0.1) is 37.7 Å². The number of nitrogens with one attached hydrogen (secondary N) is 1. The SMILES string of the molecule is CN1CCN(S(=O)(=O)CCCOc2c(OCCCN3CCOCC3)ccc3c4n(c(=NC(=O)c5cccnc5)nc23)CCN4)CC1. The van der Waals surface area contributed by atoms with Crippen LogP contribution in [-0.4, -0.2) is 135 Å². The minimum Gasteiger partial charge on any atom is -0.490 e. The largest absolute Gasteiger partial charge is 0.490 e. The number of carbonyl (C=O) groups is 1. The van der Waals surface area contributed by atoms with Crippen molar-refractivity contribution >= 4 is 32.7 Å². The van der Waals surface area contributed by atoms with Crippen molar-refractivity contribution in [1.82, 2.24) is 28.6 Å². The first-order valence-corrected chi connectivity index (χ1v) is 17.5. The molecule has 5 heterocycles. The van der Waals surface area contributed by atoms with Crippen LogP contribution in [0.3, 0.4) is 0 Å². The average molecular weight is 655 g/mol. The number of rotatable bonds is 12. The molecule has 2 aromatic heterocycles. The Kier molecular flexibility index (Phi) is 10.4. The van der Waals surface area contributed by atoms with E-state index in [9.17, 15) is 13.2 Å². The maximum atomic E-state index is 13.0. The highest BCUT2D eigenvalue weighted by Gasteiger charge is 2.26. The third-order valence-corrected chi connectivity index (χ3v) is 10.4. The Morgan fingerprint density at radius 2 is 1.83 bits per heavy atom. The highest BCUT2D eigenvalue weighted by molar-refractivity contribution is 7.89. The molecule has 0 aliphatic carbocycles. The molecule has 0 radical (unpaired) electrons. The Morgan fingerprint density at radius 1 is 1.02 bits per heavy atom. The molecule has 3 aliphatic rings. The summed E-state index contributed by atoms with van der Waals surface area (Å²) in [6.45, 7) is 8.49. The number of hydrogen-bond acceptors (Lipinski definition) is 11. The molecular formula is C31H42N8O6S. The lowest BCUT2D eigenvalue weighted by molar-refractivity contribution is 0.0357. The van der Waals surface area contributed by atoms with Crippen molar-refractivity contribution in [2.24, 2.45) is 4.99 Å². The second-order valence-electron chi connectivity index (χ2n) is 11.7. The molecule has 0 saturated carbocycles. The molecule has 1 N–H and O–H groups in total. The Hall–Kier alpha value is -3.63. The summed E-state index contributed by atoms with van der Waals surface area (Å²) in [7, 11) is -1.41. The summed E-state index contributed by atoms with van der Waals surface area (Å²) in [6.07, 6.45) is 4.19. The van der Waals surface area contributed by atoms with E-state index >= 15 is 0 Å². The van der Waals surface area contributed by atoms with Gasteiger partial charge >= 0.3 is 0 Å². The van der Waals surface area contributed by atoms with Crippen molar-refractivity contribution < 1.29 is 27.4 Å². The van der Waals surface area contributed by atoms with E-state index in [1.165, 1.54) is 6.20 Å². The summed E-state index contributed by atoms with van der Waals surface area (Å²) >= 11 is 0. The molecule has 0 spiro atoms. The van der Waals surface area contributed by atoms with E-state index in [0.717, 1.165) is 63.6 Å². The van der Waals surface area contributed by atoms with Gasteiger partial charge in [-0.05, 0) is 44.2 Å². The lowest BCUT2D eigenvalue weighted by atomic mass is 10.2. The quantitative estimate of drug-likeness (QED) is 0.280. The zero-order chi connectivity index (χ0) is 31.9. The summed E-state index contributed by atoms with van der Waals surface area (Å²) in [5, 5.41) is 4.19. The van der Waals surface area contributed by atoms with E-state index < -0.39 is 15.9 Å². The van der Waals surface area contributed by atoms with Crippen LogP contribution in [0.1, 0.15) is 23.2 Å². The molecule has 14 nitrogen and oxygen atoms in total. The Morgan fingerprint density at radius 3 is 2.61 bits per heavy atom. The third kappa shape index (κ3) is 7.66. The Bertz CT molecular complexity index is 1690. The molecule has 2 saturated heterocycles. The van der Waals surface area contributed by atoms with Crippen molar-refractivity contribution in [2.75, 3.05) is 96.9 Å². The zero-order valence-corrected chi connectivity index (χ0v) is 27.1. The number of likely N-dealkylation sites (N-methyl/N-ethyl adjacent to an activating group) is 1. The highest BCUT2D eigenvalue weighted by atomic mass is 32.2. The minimum atomic E-state index is -3.40. The van der Waals surface area contributed by atoms with E-state index in [1.807, 2.05) is 23.7 Å². The number of fused-ring (bicyclic) bond motifs is 3. The van der Waals surface area contributed by atoms with Gasteiger partial charge < -0.3 is 24.4 Å². The molecule has 1 aromatic carbocycles. The van der Waals surface area contributed by atoms with Gasteiger partial charge in [0.1, 0.15) is 11.3 Å². The number of morpholine rings is 1. The molecule has 2 fully saturated rings. The maximum absolute atomic E-state index is 13.0. The molecule has 1 amide bonds. The molecule has 0 unspecified atom stereocenters. The number of anilines is 1. The molecular weight excluding hydrogens is 612 g/mol. The van der Waals surface area contributed by atoms with Gasteiger partial charge in [0.15, 0.2) is 11.5 Å². The zero-order valence-electron chi connectivity index (χ0n) is 26.3. The Balaban J connectivity index is 1.26. The lowest BCUT2D eigenvalue weighted by Gasteiger charge is -2.31. The number of benzene rings is 1. The van der Waals surface area contributed by atoms with Gasteiger partial charge in [-0.3, -0.25) is 19.2 Å². The van der Waals surface area contributed by atoms with E-state index in [0.29, 0.717) is 61.8 Å². The van der Waals surface area contributed by atoms with E-state index in [4.69, 9.17) is 19.2 Å². The number of amides is 1. The van der Waals surface area contributed by atoms with Gasteiger partial charge in [-0.2, -0.15) is 9.30 Å². The van der Waals surface area contributed by atoms with Crippen LogP contribution in [0.25, 0.3) is 10.9 Å². The van der Waals surface area contributed by atoms with Crippen LogP contribution >= 0.6 is 0 Å². The van der Waals surface area contributed by atoms with Gasteiger partial charge in [-0.1, -0.05) is 0 Å². The second-order valence-corrected chi connectivity index (χ2v) is 13.8. The second kappa shape index (κ2) is 14.9. The number of sulfonamides is 1. The monoisotopic (exact) mass is 654 g/mol. The molecule has 0 bridgehead atoms. The maximum Gasteiger partial charge on any atom is 0.281 e. The molecule has 6 rings (SSSR count). The van der Waals surface area contributed by atoms with Crippen LogP contribution in [-0.2, 0) is 21.3 Å². The van der Waals surface area contributed by atoms with E-state index in [1.54, 1.807) is 22.6 Å². The fourth-order valence-electron chi connectivity index (χ4n) is 5.84. The predicted molar refractivity (Wildman–Crippen MR) is 173 cm³/mol. The van der Waals surface area contributed by atoms with Crippen LogP contribution in [0.15, 0.2) is 41.7 Å². The number of ether oxygens (including phenoxy) is 3. The third-order valence-electron chi connectivity index (χ3n) is 8.44. The van der Waals surface area contributed by atoms with Crippen molar-refractivity contribution in [2.45, 2.75) is 19.4 Å². The van der Waals surface area contributed by atoms with Crippen LogP contribution < -0.4 is 20.4 Å². The topological polar surface area (TPSA) is 144 Å². The first kappa shape index (κ1) is 32.3. The van der Waals surface area contributed by atoms with Crippen LogP contribution in [0.4, 0.5) is 5.82 Å². The number of carbonyl (C=O) groups excluding carboxylic acids is 1. The number of pyridine rings is 1. The standard InChI is InChI=1S/C31H42N8O6S/c1-36-12-14-38(15-13-36)46(41,42)22-4-19-45-28-26(44-18-3-10-37-16-20-43-21-17-37)7-6-25-27(28)34-31(39-11-9-33-29(25)39)35-30(40)24-5-2-8-32-23-24/h2,5-8,23,33H,3-4,9-22H2,1H3. The van der Waals surface area contributed by atoms with Gasteiger partial charge in [-0.25, -0.2) is 13.4 Å². The fraction of sp³-hybridized carbons (Fsp3) is 0.548. The van der Waals surface area contributed by atoms with Crippen LogP contribution in [0.5, 0.6) is 11.5 Å². The molecule has 248 valence electrons. The number of aromatic nitrogens is 3.